The molecule has 1 saturated heterocycles. The van der Waals surface area contributed by atoms with Crippen molar-refractivity contribution in [1.82, 2.24) is 9.62 Å². The van der Waals surface area contributed by atoms with Gasteiger partial charge in [-0.2, -0.15) is 4.31 Å². The van der Waals surface area contributed by atoms with Gasteiger partial charge in [-0.05, 0) is 56.1 Å². The molecular weight excluding hydrogens is 350 g/mol. The summed E-state index contributed by atoms with van der Waals surface area (Å²) < 4.78 is 27.3. The fraction of sp³-hybridized carbons (Fsp3) is 0.562. The summed E-state index contributed by atoms with van der Waals surface area (Å²) in [6, 6.07) is 5.15. The maximum Gasteiger partial charge on any atom is 0.243 e. The Hall–Kier alpha value is -1.15. The topological polar surface area (TPSA) is 69.7 Å². The van der Waals surface area contributed by atoms with E-state index in [2.05, 4.69) is 5.32 Å². The molecule has 6 nitrogen and oxygen atoms in total. The van der Waals surface area contributed by atoms with Crippen LogP contribution in [-0.4, -0.2) is 51.4 Å². The Balaban J connectivity index is 0.00000208. The zero-order chi connectivity index (χ0) is 16.6. The fourth-order valence-corrected chi connectivity index (χ4v) is 4.87. The average molecular weight is 374 g/mol. The number of rotatable bonds is 3. The van der Waals surface area contributed by atoms with Crippen molar-refractivity contribution in [3.05, 3.63) is 23.8 Å². The van der Waals surface area contributed by atoms with E-state index in [1.165, 1.54) is 11.2 Å². The van der Waals surface area contributed by atoms with Crippen molar-refractivity contribution in [2.45, 2.75) is 37.1 Å². The molecule has 0 unspecified atom stereocenters. The summed E-state index contributed by atoms with van der Waals surface area (Å²) >= 11 is 0. The number of piperidine rings is 1. The highest BCUT2D eigenvalue weighted by molar-refractivity contribution is 7.89. The molecule has 0 saturated carbocycles. The van der Waals surface area contributed by atoms with Crippen molar-refractivity contribution in [3.8, 4) is 0 Å². The predicted molar refractivity (Wildman–Crippen MR) is 96.3 cm³/mol. The highest BCUT2D eigenvalue weighted by Crippen LogP contribution is 2.31. The first-order chi connectivity index (χ1) is 10.9. The van der Waals surface area contributed by atoms with Crippen molar-refractivity contribution in [1.29, 1.82) is 0 Å². The van der Waals surface area contributed by atoms with Crippen LogP contribution >= 0.6 is 12.4 Å². The molecule has 0 spiro atoms. The first kappa shape index (κ1) is 19.2. The molecule has 2 heterocycles. The molecule has 0 bridgehead atoms. The number of sulfonamides is 1. The van der Waals surface area contributed by atoms with Gasteiger partial charge in [-0.3, -0.25) is 4.79 Å². The molecule has 0 aromatic heterocycles. The normalized spacial score (nSPS) is 18.4. The van der Waals surface area contributed by atoms with Crippen LogP contribution in [-0.2, 0) is 21.2 Å². The molecule has 2 aliphatic rings. The smallest absolute Gasteiger partial charge is 0.243 e. The van der Waals surface area contributed by atoms with Crippen LogP contribution in [0.3, 0.4) is 0 Å². The largest absolute Gasteiger partial charge is 0.317 e. The summed E-state index contributed by atoms with van der Waals surface area (Å²) in [7, 11) is -1.83. The van der Waals surface area contributed by atoms with Crippen molar-refractivity contribution in [2.75, 3.05) is 31.6 Å². The number of nitrogens with one attached hydrogen (secondary N) is 1. The van der Waals surface area contributed by atoms with Crippen molar-refractivity contribution >= 4 is 34.0 Å². The molecule has 0 atom stereocenters. The van der Waals surface area contributed by atoms with Crippen LogP contribution in [0.4, 0.5) is 5.69 Å². The molecule has 2 aliphatic heterocycles. The Kier molecular flexibility index (Phi) is 5.91. The van der Waals surface area contributed by atoms with Crippen molar-refractivity contribution in [2.24, 2.45) is 0 Å². The highest BCUT2D eigenvalue weighted by Gasteiger charge is 2.31. The summed E-state index contributed by atoms with van der Waals surface area (Å²) in [5.41, 5.74) is 1.76. The van der Waals surface area contributed by atoms with E-state index < -0.39 is 10.0 Å². The number of carbonyl (C=O) groups excluding carboxylic acids is 1. The second-order valence-electron chi connectivity index (χ2n) is 6.21. The first-order valence-electron chi connectivity index (χ1n) is 8.01. The molecule has 24 heavy (non-hydrogen) atoms. The summed E-state index contributed by atoms with van der Waals surface area (Å²) in [6.07, 6.45) is 2.37. The number of anilines is 1. The summed E-state index contributed by atoms with van der Waals surface area (Å²) in [4.78, 5) is 13.6. The van der Waals surface area contributed by atoms with Crippen LogP contribution < -0.4 is 10.2 Å². The fourth-order valence-electron chi connectivity index (χ4n) is 3.40. The van der Waals surface area contributed by atoms with E-state index in [-0.39, 0.29) is 24.4 Å². The van der Waals surface area contributed by atoms with E-state index in [9.17, 15) is 13.2 Å². The minimum atomic E-state index is -3.50. The predicted octanol–water partition coefficient (Wildman–Crippen LogP) is 1.39. The molecule has 134 valence electrons. The van der Waals surface area contributed by atoms with E-state index in [4.69, 9.17) is 0 Å². The summed E-state index contributed by atoms with van der Waals surface area (Å²) in [5, 5.41) is 3.25. The van der Waals surface area contributed by atoms with Crippen LogP contribution in [0.5, 0.6) is 0 Å². The second kappa shape index (κ2) is 7.39. The number of hydrogen-bond donors (Lipinski definition) is 1. The Morgan fingerprint density at radius 2 is 1.96 bits per heavy atom. The Labute approximate surface area is 149 Å². The van der Waals surface area contributed by atoms with Gasteiger partial charge in [0.25, 0.3) is 0 Å². The van der Waals surface area contributed by atoms with E-state index in [0.29, 0.717) is 17.9 Å². The van der Waals surface area contributed by atoms with Gasteiger partial charge in [0.2, 0.25) is 15.9 Å². The number of benzene rings is 1. The van der Waals surface area contributed by atoms with E-state index in [1.54, 1.807) is 30.1 Å². The van der Waals surface area contributed by atoms with E-state index >= 15 is 0 Å². The number of carbonyl (C=O) groups is 1. The Morgan fingerprint density at radius 3 is 2.58 bits per heavy atom. The number of hydrogen-bond acceptors (Lipinski definition) is 4. The zero-order valence-corrected chi connectivity index (χ0v) is 15.6. The van der Waals surface area contributed by atoms with Gasteiger partial charge in [0.1, 0.15) is 0 Å². The summed E-state index contributed by atoms with van der Waals surface area (Å²) in [5.74, 6) is -0.00817. The molecule has 1 fully saturated rings. The number of fused-ring (bicyclic) bond motifs is 1. The Bertz CT molecular complexity index is 717. The van der Waals surface area contributed by atoms with Crippen LogP contribution in [0.2, 0.25) is 0 Å². The second-order valence-corrected chi connectivity index (χ2v) is 8.21. The van der Waals surface area contributed by atoms with Gasteiger partial charge in [0, 0.05) is 32.2 Å². The molecule has 1 aromatic rings. The quantitative estimate of drug-likeness (QED) is 0.869. The molecule has 0 aliphatic carbocycles. The lowest BCUT2D eigenvalue weighted by atomic mass is 10.1. The average Bonchev–Trinajstić information content (AvgIpc) is 2.98. The minimum Gasteiger partial charge on any atom is -0.317 e. The van der Waals surface area contributed by atoms with Crippen LogP contribution in [0.1, 0.15) is 25.3 Å². The SMILES string of the molecule is CC(=O)N1CCc2cc(S(=O)(=O)N(C)C3CCNCC3)ccc21.Cl. The van der Waals surface area contributed by atoms with Gasteiger partial charge < -0.3 is 10.2 Å². The molecule has 3 rings (SSSR count). The third-order valence-electron chi connectivity index (χ3n) is 4.83. The number of nitrogens with zero attached hydrogens (tertiary/aromatic N) is 2. The number of amides is 1. The maximum atomic E-state index is 12.9. The van der Waals surface area contributed by atoms with Crippen LogP contribution in [0, 0.1) is 0 Å². The van der Waals surface area contributed by atoms with Gasteiger partial charge in [-0.1, -0.05) is 0 Å². The monoisotopic (exact) mass is 373 g/mol. The molecule has 1 amide bonds. The van der Waals surface area contributed by atoms with Gasteiger partial charge in [-0.15, -0.1) is 12.4 Å². The highest BCUT2D eigenvalue weighted by atomic mass is 35.5. The third-order valence-corrected chi connectivity index (χ3v) is 6.73. The molecular formula is C16H24ClN3O3S. The molecule has 1 aromatic carbocycles. The maximum absolute atomic E-state index is 12.9. The van der Waals surface area contributed by atoms with Crippen LogP contribution in [0.25, 0.3) is 0 Å². The molecule has 0 radical (unpaired) electrons. The Morgan fingerprint density at radius 1 is 1.29 bits per heavy atom. The summed E-state index contributed by atoms with van der Waals surface area (Å²) in [6.45, 7) is 3.85. The minimum absolute atomic E-state index is 0. The first-order valence-corrected chi connectivity index (χ1v) is 9.45. The lowest BCUT2D eigenvalue weighted by Crippen LogP contribution is -2.43. The lowest BCUT2D eigenvalue weighted by Gasteiger charge is -2.31. The van der Waals surface area contributed by atoms with E-state index in [1.807, 2.05) is 0 Å². The van der Waals surface area contributed by atoms with Crippen LogP contribution in [0.15, 0.2) is 23.1 Å². The lowest BCUT2D eigenvalue weighted by molar-refractivity contribution is -0.116. The van der Waals surface area contributed by atoms with Gasteiger partial charge in [0.05, 0.1) is 4.90 Å². The number of halogens is 1. The zero-order valence-electron chi connectivity index (χ0n) is 14.0. The molecule has 1 N–H and O–H groups in total. The van der Waals surface area contributed by atoms with E-state index in [0.717, 1.165) is 37.2 Å². The van der Waals surface area contributed by atoms with Gasteiger partial charge in [0.15, 0.2) is 0 Å². The van der Waals surface area contributed by atoms with Crippen molar-refractivity contribution < 1.29 is 13.2 Å². The van der Waals surface area contributed by atoms with Crippen molar-refractivity contribution in [3.63, 3.8) is 0 Å². The third kappa shape index (κ3) is 3.44. The molecule has 8 heteroatoms. The van der Waals surface area contributed by atoms with Gasteiger partial charge >= 0.3 is 0 Å². The standard InChI is InChI=1S/C16H23N3O3S.ClH/c1-12(20)19-10-7-13-11-15(3-4-16(13)19)23(21,22)18(2)14-5-8-17-9-6-14;/h3-4,11,14,17H,5-10H2,1-2H3;1H. The van der Waals surface area contributed by atoms with Gasteiger partial charge in [-0.25, -0.2) is 8.42 Å².